The number of nitrogens with zero attached hydrogens (tertiary/aromatic N) is 2. The van der Waals surface area contributed by atoms with Crippen molar-refractivity contribution in [2.75, 3.05) is 37.7 Å². The Hall–Kier alpha value is -1.63. The first kappa shape index (κ1) is 21.6. The fourth-order valence-electron chi connectivity index (χ4n) is 4.02. The number of amides is 1. The summed E-state index contributed by atoms with van der Waals surface area (Å²) in [6, 6.07) is 19.0. The highest BCUT2D eigenvalue weighted by molar-refractivity contribution is 8.16. The first-order valence-corrected chi connectivity index (χ1v) is 12.8. The predicted octanol–water partition coefficient (Wildman–Crippen LogP) is 4.67. The van der Waals surface area contributed by atoms with Crippen LogP contribution in [0.2, 0.25) is 0 Å². The van der Waals surface area contributed by atoms with E-state index in [1.807, 2.05) is 46.6 Å². The van der Waals surface area contributed by atoms with Gasteiger partial charge in [0, 0.05) is 32.2 Å². The molecule has 160 valence electrons. The normalized spacial score (nSPS) is 20.8. The molecule has 0 radical (unpaired) electrons. The molecule has 1 atom stereocenters. The molecule has 0 aromatic heterocycles. The van der Waals surface area contributed by atoms with Gasteiger partial charge in [0.1, 0.15) is 5.75 Å². The van der Waals surface area contributed by atoms with Gasteiger partial charge in [0.05, 0.1) is 4.58 Å². The van der Waals surface area contributed by atoms with Crippen molar-refractivity contribution in [1.82, 2.24) is 9.80 Å². The standard InChI is InChI=1S/C24H30N2O2S2/c1-19-16-25(17-20-6-3-2-4-7-20)12-13-26(19)23(27)18-28-22-10-8-21(9-11-22)24-29-14-5-15-30-24/h2-4,6-11,19,24H,5,12-18H2,1H3/t19-/m1/s1. The number of hydrogen-bond acceptors (Lipinski definition) is 5. The highest BCUT2D eigenvalue weighted by Crippen LogP contribution is 2.43. The van der Waals surface area contributed by atoms with Gasteiger partial charge in [-0.05, 0) is 48.1 Å². The van der Waals surface area contributed by atoms with E-state index < -0.39 is 0 Å². The Labute approximate surface area is 188 Å². The maximum Gasteiger partial charge on any atom is 0.260 e. The number of carbonyl (C=O) groups is 1. The average Bonchev–Trinajstić information content (AvgIpc) is 2.79. The van der Waals surface area contributed by atoms with Gasteiger partial charge in [-0.25, -0.2) is 0 Å². The Morgan fingerprint density at radius 1 is 1.03 bits per heavy atom. The molecular weight excluding hydrogens is 412 g/mol. The molecule has 0 bridgehead atoms. The summed E-state index contributed by atoms with van der Waals surface area (Å²) in [5.74, 6) is 3.32. The summed E-state index contributed by atoms with van der Waals surface area (Å²) < 4.78 is 6.35. The molecule has 1 amide bonds. The molecule has 0 spiro atoms. The first-order valence-electron chi connectivity index (χ1n) is 10.7. The summed E-state index contributed by atoms with van der Waals surface area (Å²) >= 11 is 4.03. The lowest BCUT2D eigenvalue weighted by Gasteiger charge is -2.39. The van der Waals surface area contributed by atoms with E-state index >= 15 is 0 Å². The monoisotopic (exact) mass is 442 g/mol. The fraction of sp³-hybridized carbons (Fsp3) is 0.458. The van der Waals surface area contributed by atoms with E-state index in [1.54, 1.807) is 0 Å². The summed E-state index contributed by atoms with van der Waals surface area (Å²) in [6.07, 6.45) is 1.30. The maximum atomic E-state index is 12.7. The molecule has 2 aromatic rings. The van der Waals surface area contributed by atoms with E-state index in [1.165, 1.54) is 29.1 Å². The molecule has 0 saturated carbocycles. The van der Waals surface area contributed by atoms with Gasteiger partial charge in [-0.3, -0.25) is 9.69 Å². The lowest BCUT2D eigenvalue weighted by molar-refractivity contribution is -0.138. The number of benzene rings is 2. The number of thioether (sulfide) groups is 2. The quantitative estimate of drug-likeness (QED) is 0.649. The van der Waals surface area contributed by atoms with Crippen LogP contribution in [0.3, 0.4) is 0 Å². The Morgan fingerprint density at radius 3 is 2.47 bits per heavy atom. The summed E-state index contributed by atoms with van der Waals surface area (Å²) in [5, 5.41) is 0. The third kappa shape index (κ3) is 5.74. The second-order valence-electron chi connectivity index (χ2n) is 7.94. The second kappa shape index (κ2) is 10.6. The zero-order valence-corrected chi connectivity index (χ0v) is 19.2. The summed E-state index contributed by atoms with van der Waals surface area (Å²) in [4.78, 5) is 17.1. The van der Waals surface area contributed by atoms with Crippen molar-refractivity contribution < 1.29 is 9.53 Å². The van der Waals surface area contributed by atoms with E-state index in [-0.39, 0.29) is 18.6 Å². The van der Waals surface area contributed by atoms with Crippen molar-refractivity contribution in [2.45, 2.75) is 30.5 Å². The molecule has 4 rings (SSSR count). The van der Waals surface area contributed by atoms with Crippen LogP contribution in [0, 0.1) is 0 Å². The largest absolute Gasteiger partial charge is 0.484 e. The van der Waals surface area contributed by atoms with Crippen molar-refractivity contribution >= 4 is 29.4 Å². The Kier molecular flexibility index (Phi) is 7.63. The minimum Gasteiger partial charge on any atom is -0.484 e. The minimum atomic E-state index is 0.0735. The van der Waals surface area contributed by atoms with Gasteiger partial charge in [0.2, 0.25) is 0 Å². The molecule has 2 aliphatic heterocycles. The lowest BCUT2D eigenvalue weighted by Crippen LogP contribution is -2.54. The second-order valence-corrected chi connectivity index (χ2v) is 10.7. The molecule has 0 aliphatic carbocycles. The SMILES string of the molecule is C[C@@H]1CN(Cc2ccccc2)CCN1C(=O)COc1ccc(C2SCCCS2)cc1. The molecule has 0 unspecified atom stereocenters. The molecule has 2 aromatic carbocycles. The maximum absolute atomic E-state index is 12.7. The van der Waals surface area contributed by atoms with Crippen LogP contribution in [0.4, 0.5) is 0 Å². The van der Waals surface area contributed by atoms with Crippen LogP contribution in [0.15, 0.2) is 54.6 Å². The molecule has 2 heterocycles. The van der Waals surface area contributed by atoms with Crippen LogP contribution in [0.5, 0.6) is 5.75 Å². The molecule has 6 heteroatoms. The van der Waals surface area contributed by atoms with Crippen LogP contribution < -0.4 is 4.74 Å². The van der Waals surface area contributed by atoms with Gasteiger partial charge in [-0.2, -0.15) is 0 Å². The first-order chi connectivity index (χ1) is 14.7. The van der Waals surface area contributed by atoms with Gasteiger partial charge in [-0.15, -0.1) is 23.5 Å². The zero-order chi connectivity index (χ0) is 20.8. The van der Waals surface area contributed by atoms with Gasteiger partial charge in [0.15, 0.2) is 6.61 Å². The summed E-state index contributed by atoms with van der Waals surface area (Å²) in [5.41, 5.74) is 2.66. The predicted molar refractivity (Wildman–Crippen MR) is 127 cm³/mol. The number of ether oxygens (including phenoxy) is 1. The van der Waals surface area contributed by atoms with Crippen LogP contribution in [-0.2, 0) is 11.3 Å². The van der Waals surface area contributed by atoms with Gasteiger partial charge in [-0.1, -0.05) is 42.5 Å². The zero-order valence-electron chi connectivity index (χ0n) is 17.5. The van der Waals surface area contributed by atoms with Crippen LogP contribution in [0.25, 0.3) is 0 Å². The van der Waals surface area contributed by atoms with E-state index in [2.05, 4.69) is 48.2 Å². The third-order valence-corrected chi connectivity index (χ3v) is 8.64. The fourth-order valence-corrected chi connectivity index (χ4v) is 6.91. The van der Waals surface area contributed by atoms with Crippen molar-refractivity contribution in [3.05, 3.63) is 65.7 Å². The molecule has 0 N–H and O–H groups in total. The highest BCUT2D eigenvalue weighted by atomic mass is 32.2. The van der Waals surface area contributed by atoms with E-state index in [0.29, 0.717) is 4.58 Å². The van der Waals surface area contributed by atoms with Crippen molar-refractivity contribution in [2.24, 2.45) is 0 Å². The van der Waals surface area contributed by atoms with E-state index in [4.69, 9.17) is 4.74 Å². The molecule has 30 heavy (non-hydrogen) atoms. The number of hydrogen-bond donors (Lipinski definition) is 0. The van der Waals surface area contributed by atoms with Gasteiger partial charge < -0.3 is 9.64 Å². The lowest BCUT2D eigenvalue weighted by atomic mass is 10.1. The topological polar surface area (TPSA) is 32.8 Å². The summed E-state index contributed by atoms with van der Waals surface area (Å²) in [6.45, 7) is 5.72. The van der Waals surface area contributed by atoms with E-state index in [9.17, 15) is 4.79 Å². The Balaban J connectivity index is 1.24. The Bertz CT molecular complexity index is 810. The smallest absolute Gasteiger partial charge is 0.260 e. The number of piperazine rings is 1. The Morgan fingerprint density at radius 2 is 1.77 bits per heavy atom. The van der Waals surface area contributed by atoms with E-state index in [0.717, 1.165) is 31.9 Å². The van der Waals surface area contributed by atoms with Gasteiger partial charge >= 0.3 is 0 Å². The minimum absolute atomic E-state index is 0.0735. The average molecular weight is 443 g/mol. The van der Waals surface area contributed by atoms with Crippen molar-refractivity contribution in [3.8, 4) is 5.75 Å². The van der Waals surface area contributed by atoms with Crippen molar-refractivity contribution in [1.29, 1.82) is 0 Å². The molecular formula is C24H30N2O2S2. The van der Waals surface area contributed by atoms with Crippen LogP contribution in [-0.4, -0.2) is 59.5 Å². The van der Waals surface area contributed by atoms with Crippen molar-refractivity contribution in [3.63, 3.8) is 0 Å². The van der Waals surface area contributed by atoms with Gasteiger partial charge in [0.25, 0.3) is 5.91 Å². The molecule has 2 aliphatic rings. The molecule has 2 saturated heterocycles. The third-order valence-electron chi connectivity index (χ3n) is 5.62. The molecule has 4 nitrogen and oxygen atoms in total. The highest BCUT2D eigenvalue weighted by Gasteiger charge is 2.27. The summed E-state index contributed by atoms with van der Waals surface area (Å²) in [7, 11) is 0. The van der Waals surface area contributed by atoms with Crippen LogP contribution >= 0.6 is 23.5 Å². The molecule has 2 fully saturated rings. The number of carbonyl (C=O) groups excluding carboxylic acids is 1. The number of rotatable bonds is 6. The van der Waals surface area contributed by atoms with Crippen LogP contribution in [0.1, 0.15) is 29.1 Å².